The molecule has 0 atom stereocenters. The first-order valence-corrected chi connectivity index (χ1v) is 10.0. The predicted octanol–water partition coefficient (Wildman–Crippen LogP) is 4.32. The summed E-state index contributed by atoms with van der Waals surface area (Å²) in [5, 5.41) is 7.01. The number of nitrogens with one attached hydrogen (secondary N) is 2. The van der Waals surface area contributed by atoms with Crippen LogP contribution in [-0.4, -0.2) is 19.0 Å². The Hall–Kier alpha value is -2.04. The number of para-hydroxylation sites is 1. The highest BCUT2D eigenvalue weighted by atomic mass is 35.5. The van der Waals surface area contributed by atoms with Crippen molar-refractivity contribution in [3.63, 3.8) is 0 Å². The Balaban J connectivity index is 1.48. The van der Waals surface area contributed by atoms with Crippen LogP contribution in [0.25, 0.3) is 0 Å². The normalized spacial score (nSPS) is 14.7. The third-order valence-corrected chi connectivity index (χ3v) is 5.36. The van der Waals surface area contributed by atoms with E-state index < -0.39 is 0 Å². The minimum atomic E-state index is 0.121. The standard InChI is InChI=1S/C22H27ClN2O2/c23-20-7-3-4-8-21(20)27-16-19-6-2-1-5-18(19)15-25-22(26)10-9-17-11-13-24-14-12-17/h1-8,17,24H,9-16H2,(H,25,26). The van der Waals surface area contributed by atoms with Crippen molar-refractivity contribution in [1.29, 1.82) is 0 Å². The maximum Gasteiger partial charge on any atom is 0.220 e. The fourth-order valence-electron chi connectivity index (χ4n) is 3.38. The quantitative estimate of drug-likeness (QED) is 0.710. The third-order valence-electron chi connectivity index (χ3n) is 5.05. The molecule has 0 aliphatic carbocycles. The summed E-state index contributed by atoms with van der Waals surface area (Å²) >= 11 is 6.15. The molecule has 1 heterocycles. The van der Waals surface area contributed by atoms with Crippen LogP contribution >= 0.6 is 11.6 Å². The van der Waals surface area contributed by atoms with E-state index in [9.17, 15) is 4.79 Å². The zero-order chi connectivity index (χ0) is 18.9. The number of carbonyl (C=O) groups excluding carboxylic acids is 1. The second-order valence-corrected chi connectivity index (χ2v) is 7.40. The average Bonchev–Trinajstić information content (AvgIpc) is 2.71. The molecule has 1 aliphatic heterocycles. The highest BCUT2D eigenvalue weighted by Crippen LogP contribution is 2.24. The Bertz CT molecular complexity index is 745. The summed E-state index contributed by atoms with van der Waals surface area (Å²) in [6.07, 6.45) is 3.93. The maximum absolute atomic E-state index is 12.2. The number of carbonyl (C=O) groups is 1. The monoisotopic (exact) mass is 386 g/mol. The lowest BCUT2D eigenvalue weighted by Gasteiger charge is -2.22. The van der Waals surface area contributed by atoms with Gasteiger partial charge in [0.05, 0.1) is 5.02 Å². The zero-order valence-corrected chi connectivity index (χ0v) is 16.3. The van der Waals surface area contributed by atoms with E-state index in [1.54, 1.807) is 0 Å². The topological polar surface area (TPSA) is 50.4 Å². The minimum Gasteiger partial charge on any atom is -0.487 e. The summed E-state index contributed by atoms with van der Waals surface area (Å²) in [5.74, 6) is 1.46. The third kappa shape index (κ3) is 6.26. The van der Waals surface area contributed by atoms with Crippen LogP contribution in [0.1, 0.15) is 36.8 Å². The first kappa shape index (κ1) is 19.7. The molecular weight excluding hydrogens is 360 g/mol. The highest BCUT2D eigenvalue weighted by Gasteiger charge is 2.14. The molecule has 0 saturated carbocycles. The molecule has 1 fully saturated rings. The van der Waals surface area contributed by atoms with Crippen molar-refractivity contribution in [1.82, 2.24) is 10.6 Å². The van der Waals surface area contributed by atoms with Crippen molar-refractivity contribution < 1.29 is 9.53 Å². The van der Waals surface area contributed by atoms with Gasteiger partial charge < -0.3 is 15.4 Å². The van der Waals surface area contributed by atoms with Crippen LogP contribution in [0.2, 0.25) is 5.02 Å². The number of benzene rings is 2. The van der Waals surface area contributed by atoms with Gasteiger partial charge in [-0.15, -0.1) is 0 Å². The summed E-state index contributed by atoms with van der Waals surface area (Å²) in [7, 11) is 0. The molecule has 0 spiro atoms. The smallest absolute Gasteiger partial charge is 0.220 e. The van der Waals surface area contributed by atoms with Crippen LogP contribution in [0.5, 0.6) is 5.75 Å². The number of halogens is 1. The summed E-state index contributed by atoms with van der Waals surface area (Å²) in [4.78, 5) is 12.2. The molecule has 4 nitrogen and oxygen atoms in total. The van der Waals surface area contributed by atoms with Crippen molar-refractivity contribution in [2.45, 2.75) is 38.8 Å². The van der Waals surface area contributed by atoms with E-state index >= 15 is 0 Å². The molecule has 144 valence electrons. The Morgan fingerprint density at radius 2 is 1.78 bits per heavy atom. The summed E-state index contributed by atoms with van der Waals surface area (Å²) in [6, 6.07) is 15.5. The number of ether oxygens (including phenoxy) is 1. The van der Waals surface area contributed by atoms with Gasteiger partial charge in [-0.25, -0.2) is 0 Å². The van der Waals surface area contributed by atoms with Gasteiger partial charge in [0.1, 0.15) is 12.4 Å². The molecule has 0 bridgehead atoms. The molecule has 2 aromatic carbocycles. The van der Waals surface area contributed by atoms with Crippen LogP contribution in [0.4, 0.5) is 0 Å². The van der Waals surface area contributed by atoms with E-state index in [1.165, 1.54) is 12.8 Å². The molecule has 27 heavy (non-hydrogen) atoms. The Kier molecular flexibility index (Phi) is 7.55. The van der Waals surface area contributed by atoms with Crippen LogP contribution in [0.3, 0.4) is 0 Å². The lowest BCUT2D eigenvalue weighted by atomic mass is 9.93. The molecule has 0 unspecified atom stereocenters. The van der Waals surface area contributed by atoms with E-state index in [-0.39, 0.29) is 5.91 Å². The molecule has 0 radical (unpaired) electrons. The first-order valence-electron chi connectivity index (χ1n) is 9.64. The minimum absolute atomic E-state index is 0.121. The van der Waals surface area contributed by atoms with Crippen LogP contribution in [0, 0.1) is 5.92 Å². The molecular formula is C22H27ClN2O2. The van der Waals surface area contributed by atoms with Crippen molar-refractivity contribution in [2.75, 3.05) is 13.1 Å². The molecule has 0 aromatic heterocycles. The molecule has 1 saturated heterocycles. The second kappa shape index (κ2) is 10.3. The van der Waals surface area contributed by atoms with Gasteiger partial charge in [-0.1, -0.05) is 48.0 Å². The van der Waals surface area contributed by atoms with Gasteiger partial charge in [0.25, 0.3) is 0 Å². The number of piperidine rings is 1. The van der Waals surface area contributed by atoms with Gasteiger partial charge >= 0.3 is 0 Å². The number of hydrogen-bond acceptors (Lipinski definition) is 3. The van der Waals surface area contributed by atoms with Crippen LogP contribution in [0.15, 0.2) is 48.5 Å². The lowest BCUT2D eigenvalue weighted by Crippen LogP contribution is -2.29. The van der Waals surface area contributed by atoms with Gasteiger partial charge in [-0.2, -0.15) is 0 Å². The molecule has 1 aliphatic rings. The largest absolute Gasteiger partial charge is 0.487 e. The maximum atomic E-state index is 12.2. The molecule has 5 heteroatoms. The summed E-state index contributed by atoms with van der Waals surface area (Å²) < 4.78 is 5.85. The number of rotatable bonds is 8. The average molecular weight is 387 g/mol. The van der Waals surface area contributed by atoms with Gasteiger partial charge in [-0.05, 0) is 61.5 Å². The van der Waals surface area contributed by atoms with Crippen LogP contribution < -0.4 is 15.4 Å². The van der Waals surface area contributed by atoms with Crippen LogP contribution in [-0.2, 0) is 17.9 Å². The molecule has 2 N–H and O–H groups in total. The van der Waals surface area contributed by atoms with Crippen molar-refractivity contribution >= 4 is 17.5 Å². The Labute approximate surface area is 166 Å². The predicted molar refractivity (Wildman–Crippen MR) is 109 cm³/mol. The molecule has 2 aromatic rings. The van der Waals surface area contributed by atoms with Crippen molar-refractivity contribution in [3.05, 3.63) is 64.7 Å². The van der Waals surface area contributed by atoms with E-state index in [1.807, 2.05) is 48.5 Å². The molecule has 3 rings (SSSR count). The number of hydrogen-bond donors (Lipinski definition) is 2. The van der Waals surface area contributed by atoms with E-state index in [2.05, 4.69) is 10.6 Å². The van der Waals surface area contributed by atoms with Gasteiger partial charge in [0, 0.05) is 13.0 Å². The fourth-order valence-corrected chi connectivity index (χ4v) is 3.57. The van der Waals surface area contributed by atoms with Crippen molar-refractivity contribution in [2.24, 2.45) is 5.92 Å². The summed E-state index contributed by atoms with van der Waals surface area (Å²) in [6.45, 7) is 3.09. The second-order valence-electron chi connectivity index (χ2n) is 7.00. The lowest BCUT2D eigenvalue weighted by molar-refractivity contribution is -0.121. The van der Waals surface area contributed by atoms with E-state index in [0.717, 1.165) is 30.6 Å². The van der Waals surface area contributed by atoms with Crippen molar-refractivity contribution in [3.8, 4) is 5.75 Å². The van der Waals surface area contributed by atoms with Gasteiger partial charge in [-0.3, -0.25) is 4.79 Å². The fraction of sp³-hybridized carbons (Fsp3) is 0.409. The SMILES string of the molecule is O=C(CCC1CCNCC1)NCc1ccccc1COc1ccccc1Cl. The van der Waals surface area contributed by atoms with E-state index in [0.29, 0.717) is 36.3 Å². The number of amides is 1. The summed E-state index contributed by atoms with van der Waals surface area (Å²) in [5.41, 5.74) is 2.12. The molecule has 1 amide bonds. The Morgan fingerprint density at radius 3 is 2.56 bits per heavy atom. The van der Waals surface area contributed by atoms with E-state index in [4.69, 9.17) is 16.3 Å². The first-order chi connectivity index (χ1) is 13.2. The van der Waals surface area contributed by atoms with Gasteiger partial charge in [0.15, 0.2) is 0 Å². The van der Waals surface area contributed by atoms with Gasteiger partial charge in [0.2, 0.25) is 5.91 Å². The highest BCUT2D eigenvalue weighted by molar-refractivity contribution is 6.32. The Morgan fingerprint density at radius 1 is 1.07 bits per heavy atom. The zero-order valence-electron chi connectivity index (χ0n) is 15.5.